The molecule has 0 unspecified atom stereocenters. The van der Waals surface area contributed by atoms with Crippen molar-refractivity contribution in [2.75, 3.05) is 0 Å². The molecule has 74 valence electrons. The molecule has 1 aliphatic rings. The summed E-state index contributed by atoms with van der Waals surface area (Å²) in [4.78, 5) is 4.41. The van der Waals surface area contributed by atoms with E-state index < -0.39 is 0 Å². The number of allylic oxidation sites excluding steroid dienone is 4. The monoisotopic (exact) mass is 187 g/mol. The standard InChI is InChI=1S/C13H17N/c1-4-6-10-14-13-9-7-8-12(13)11(3)5-2/h4-5,10H,2,7-9H2,1,3H3/b12-11+,14-13-. The first-order valence-corrected chi connectivity index (χ1v) is 5.04. The van der Waals surface area contributed by atoms with Crippen LogP contribution in [0.2, 0.25) is 0 Å². The largest absolute Gasteiger partial charge is 0.253 e. The van der Waals surface area contributed by atoms with Crippen LogP contribution in [0.1, 0.15) is 33.1 Å². The Kier molecular flexibility index (Phi) is 4.15. The maximum Gasteiger partial charge on any atom is 0.0686 e. The minimum atomic E-state index is 1.09. The predicted molar refractivity (Wildman–Crippen MR) is 62.5 cm³/mol. The minimum Gasteiger partial charge on any atom is -0.253 e. The Morgan fingerprint density at radius 2 is 2.29 bits per heavy atom. The van der Waals surface area contributed by atoms with Crippen LogP contribution < -0.4 is 0 Å². The molecule has 1 saturated carbocycles. The molecule has 0 aromatic heterocycles. The molecule has 0 saturated heterocycles. The molecular weight excluding hydrogens is 170 g/mol. The molecule has 1 nitrogen and oxygen atoms in total. The Morgan fingerprint density at radius 3 is 2.93 bits per heavy atom. The average molecular weight is 187 g/mol. The third-order valence-corrected chi connectivity index (χ3v) is 2.43. The van der Waals surface area contributed by atoms with Gasteiger partial charge >= 0.3 is 0 Å². The molecule has 0 aliphatic heterocycles. The van der Waals surface area contributed by atoms with Gasteiger partial charge in [0.2, 0.25) is 0 Å². The summed E-state index contributed by atoms with van der Waals surface area (Å²) in [5.74, 6) is 0. The molecule has 0 amide bonds. The lowest BCUT2D eigenvalue weighted by Gasteiger charge is -2.00. The SMILES string of the molecule is C=C/C(C)=C1\CCC\C1=N\C=C=CC. The van der Waals surface area contributed by atoms with Crippen LogP contribution in [-0.2, 0) is 0 Å². The number of hydrogen-bond acceptors (Lipinski definition) is 1. The zero-order valence-electron chi connectivity index (χ0n) is 9.01. The summed E-state index contributed by atoms with van der Waals surface area (Å²) in [7, 11) is 0. The highest BCUT2D eigenvalue weighted by Gasteiger charge is 2.15. The van der Waals surface area contributed by atoms with Crippen LogP contribution in [0.5, 0.6) is 0 Å². The van der Waals surface area contributed by atoms with Crippen molar-refractivity contribution in [1.29, 1.82) is 0 Å². The second-order valence-corrected chi connectivity index (χ2v) is 3.38. The summed E-state index contributed by atoms with van der Waals surface area (Å²) < 4.78 is 0. The summed E-state index contributed by atoms with van der Waals surface area (Å²) in [5, 5.41) is 0. The van der Waals surface area contributed by atoms with Gasteiger partial charge in [-0.2, -0.15) is 0 Å². The topological polar surface area (TPSA) is 12.4 Å². The zero-order chi connectivity index (χ0) is 10.4. The molecule has 0 N–H and O–H groups in total. The van der Waals surface area contributed by atoms with E-state index in [-0.39, 0.29) is 0 Å². The van der Waals surface area contributed by atoms with Gasteiger partial charge in [-0.05, 0) is 50.3 Å². The third-order valence-electron chi connectivity index (χ3n) is 2.43. The smallest absolute Gasteiger partial charge is 0.0686 e. The summed E-state index contributed by atoms with van der Waals surface area (Å²) >= 11 is 0. The maximum absolute atomic E-state index is 4.41. The van der Waals surface area contributed by atoms with E-state index in [0.29, 0.717) is 0 Å². The minimum absolute atomic E-state index is 1.09. The van der Waals surface area contributed by atoms with Crippen molar-refractivity contribution in [2.24, 2.45) is 4.99 Å². The van der Waals surface area contributed by atoms with E-state index in [4.69, 9.17) is 0 Å². The van der Waals surface area contributed by atoms with Crippen LogP contribution in [0.3, 0.4) is 0 Å². The van der Waals surface area contributed by atoms with E-state index in [1.807, 2.05) is 19.1 Å². The first kappa shape index (κ1) is 10.7. The van der Waals surface area contributed by atoms with Gasteiger partial charge in [-0.15, -0.1) is 5.73 Å². The van der Waals surface area contributed by atoms with E-state index >= 15 is 0 Å². The van der Waals surface area contributed by atoms with Gasteiger partial charge < -0.3 is 0 Å². The summed E-state index contributed by atoms with van der Waals surface area (Å²) in [6.07, 6.45) is 8.96. The van der Waals surface area contributed by atoms with Gasteiger partial charge in [0.15, 0.2) is 0 Å². The lowest BCUT2D eigenvalue weighted by atomic mass is 10.1. The van der Waals surface area contributed by atoms with Gasteiger partial charge in [0, 0.05) is 5.71 Å². The molecule has 1 aliphatic carbocycles. The highest BCUT2D eigenvalue weighted by atomic mass is 14.7. The van der Waals surface area contributed by atoms with Crippen LogP contribution >= 0.6 is 0 Å². The van der Waals surface area contributed by atoms with Crippen LogP contribution in [-0.4, -0.2) is 5.71 Å². The predicted octanol–water partition coefficient (Wildman–Crippen LogP) is 3.80. The Morgan fingerprint density at radius 1 is 1.50 bits per heavy atom. The molecule has 0 atom stereocenters. The molecule has 0 heterocycles. The number of rotatable bonds is 2. The lowest BCUT2D eigenvalue weighted by molar-refractivity contribution is 0.942. The molecule has 0 bridgehead atoms. The van der Waals surface area contributed by atoms with E-state index in [9.17, 15) is 0 Å². The maximum atomic E-state index is 4.41. The fourth-order valence-electron chi connectivity index (χ4n) is 1.61. The van der Waals surface area contributed by atoms with Crippen molar-refractivity contribution in [2.45, 2.75) is 33.1 Å². The van der Waals surface area contributed by atoms with E-state index in [1.54, 1.807) is 6.20 Å². The molecule has 1 rings (SSSR count). The lowest BCUT2D eigenvalue weighted by Crippen LogP contribution is -1.94. The molecule has 0 aromatic carbocycles. The highest BCUT2D eigenvalue weighted by molar-refractivity contribution is 6.03. The molecule has 1 fully saturated rings. The summed E-state index contributed by atoms with van der Waals surface area (Å²) in [6, 6.07) is 0. The van der Waals surface area contributed by atoms with E-state index in [1.165, 1.54) is 23.3 Å². The van der Waals surface area contributed by atoms with Crippen LogP contribution in [0.25, 0.3) is 0 Å². The van der Waals surface area contributed by atoms with E-state index in [0.717, 1.165) is 12.8 Å². The van der Waals surface area contributed by atoms with Crippen molar-refractivity contribution in [1.82, 2.24) is 0 Å². The first-order valence-electron chi connectivity index (χ1n) is 5.04. The Balaban J connectivity index is 2.94. The second kappa shape index (κ2) is 5.41. The number of aliphatic imine (C=N–C) groups is 1. The fourth-order valence-corrected chi connectivity index (χ4v) is 1.61. The Labute approximate surface area is 86.2 Å². The average Bonchev–Trinajstić information content (AvgIpc) is 2.65. The normalized spacial score (nSPS) is 21.7. The Bertz CT molecular complexity index is 336. The molecule has 0 aromatic rings. The Hall–Kier alpha value is -1.33. The van der Waals surface area contributed by atoms with Crippen molar-refractivity contribution in [3.05, 3.63) is 41.8 Å². The van der Waals surface area contributed by atoms with Gasteiger partial charge in [0.25, 0.3) is 0 Å². The molecule has 14 heavy (non-hydrogen) atoms. The second-order valence-electron chi connectivity index (χ2n) is 3.38. The molecule has 1 heteroatoms. The van der Waals surface area contributed by atoms with Crippen molar-refractivity contribution < 1.29 is 0 Å². The molecule has 0 radical (unpaired) electrons. The van der Waals surface area contributed by atoms with Crippen molar-refractivity contribution >= 4 is 5.71 Å². The van der Waals surface area contributed by atoms with Crippen molar-refractivity contribution in [3.63, 3.8) is 0 Å². The highest BCUT2D eigenvalue weighted by Crippen LogP contribution is 2.25. The van der Waals surface area contributed by atoms with Gasteiger partial charge in [-0.1, -0.05) is 12.7 Å². The van der Waals surface area contributed by atoms with Gasteiger partial charge in [-0.25, -0.2) is 0 Å². The molecular formula is C13H17N. The molecule has 0 spiro atoms. The summed E-state index contributed by atoms with van der Waals surface area (Å²) in [6.45, 7) is 7.83. The van der Waals surface area contributed by atoms with Crippen LogP contribution in [0.15, 0.2) is 46.8 Å². The number of hydrogen-bond donors (Lipinski definition) is 0. The summed E-state index contributed by atoms with van der Waals surface area (Å²) in [5.41, 5.74) is 6.80. The first-order chi connectivity index (χ1) is 6.79. The number of nitrogens with zero attached hydrogens (tertiary/aromatic N) is 1. The van der Waals surface area contributed by atoms with Crippen LogP contribution in [0.4, 0.5) is 0 Å². The van der Waals surface area contributed by atoms with Gasteiger partial charge in [0.1, 0.15) is 0 Å². The third kappa shape index (κ3) is 2.58. The van der Waals surface area contributed by atoms with Crippen molar-refractivity contribution in [3.8, 4) is 0 Å². The van der Waals surface area contributed by atoms with Crippen LogP contribution in [0, 0.1) is 0 Å². The van der Waals surface area contributed by atoms with Gasteiger partial charge in [-0.3, -0.25) is 4.99 Å². The van der Waals surface area contributed by atoms with Gasteiger partial charge in [0.05, 0.1) is 6.20 Å². The zero-order valence-corrected chi connectivity index (χ0v) is 9.01. The fraction of sp³-hybridized carbons (Fsp3) is 0.385. The quantitative estimate of drug-likeness (QED) is 0.583. The van der Waals surface area contributed by atoms with E-state index in [2.05, 4.69) is 24.2 Å².